The number of amides is 1. The SMILES string of the molecule is NC(=O)c1cnc(N2CCOC(c3ccccc3Cl)C2)c(Cl)c1. The van der Waals surface area contributed by atoms with E-state index in [1.807, 2.05) is 29.2 Å². The molecule has 1 amide bonds. The third kappa shape index (κ3) is 3.42. The summed E-state index contributed by atoms with van der Waals surface area (Å²) in [5, 5.41) is 1.06. The number of rotatable bonds is 3. The Labute approximate surface area is 144 Å². The van der Waals surface area contributed by atoms with Gasteiger partial charge in [-0.15, -0.1) is 0 Å². The van der Waals surface area contributed by atoms with E-state index in [1.165, 1.54) is 12.3 Å². The van der Waals surface area contributed by atoms with Gasteiger partial charge in [-0.1, -0.05) is 41.4 Å². The Morgan fingerprint density at radius 3 is 2.78 bits per heavy atom. The van der Waals surface area contributed by atoms with Gasteiger partial charge in [-0.25, -0.2) is 4.98 Å². The molecule has 1 unspecified atom stereocenters. The summed E-state index contributed by atoms with van der Waals surface area (Å²) in [6.07, 6.45) is 1.27. The smallest absolute Gasteiger partial charge is 0.250 e. The minimum Gasteiger partial charge on any atom is -0.370 e. The Morgan fingerprint density at radius 2 is 2.09 bits per heavy atom. The van der Waals surface area contributed by atoms with Crippen molar-refractivity contribution in [2.45, 2.75) is 6.10 Å². The van der Waals surface area contributed by atoms with Crippen molar-refractivity contribution < 1.29 is 9.53 Å². The minimum absolute atomic E-state index is 0.161. The van der Waals surface area contributed by atoms with E-state index >= 15 is 0 Å². The number of primary amides is 1. The fourth-order valence-electron chi connectivity index (χ4n) is 2.56. The molecule has 2 heterocycles. The lowest BCUT2D eigenvalue weighted by atomic mass is 10.1. The van der Waals surface area contributed by atoms with E-state index in [2.05, 4.69) is 4.98 Å². The summed E-state index contributed by atoms with van der Waals surface area (Å²) < 4.78 is 5.83. The van der Waals surface area contributed by atoms with Crippen LogP contribution in [-0.2, 0) is 4.74 Å². The molecular formula is C16H15Cl2N3O2. The Balaban J connectivity index is 1.84. The van der Waals surface area contributed by atoms with Gasteiger partial charge in [0.15, 0.2) is 0 Å². The number of nitrogens with two attached hydrogens (primary N) is 1. The predicted octanol–water partition coefficient (Wildman–Crippen LogP) is 3.07. The summed E-state index contributed by atoms with van der Waals surface area (Å²) in [6, 6.07) is 9.13. The number of carbonyl (C=O) groups excluding carboxylic acids is 1. The van der Waals surface area contributed by atoms with Gasteiger partial charge >= 0.3 is 0 Å². The second-order valence-corrected chi connectivity index (χ2v) is 6.04. The van der Waals surface area contributed by atoms with Gasteiger partial charge in [0.2, 0.25) is 5.91 Å². The third-order valence-electron chi connectivity index (χ3n) is 3.72. The molecular weight excluding hydrogens is 337 g/mol. The maximum absolute atomic E-state index is 11.2. The lowest BCUT2D eigenvalue weighted by Crippen LogP contribution is -2.39. The van der Waals surface area contributed by atoms with Crippen molar-refractivity contribution in [3.63, 3.8) is 0 Å². The lowest BCUT2D eigenvalue weighted by molar-refractivity contribution is 0.0396. The van der Waals surface area contributed by atoms with Gasteiger partial charge in [-0.3, -0.25) is 4.79 Å². The van der Waals surface area contributed by atoms with Gasteiger partial charge in [0.05, 0.1) is 17.2 Å². The highest BCUT2D eigenvalue weighted by Crippen LogP contribution is 2.32. The van der Waals surface area contributed by atoms with Crippen LogP contribution in [0, 0.1) is 0 Å². The number of nitrogens with zero attached hydrogens (tertiary/aromatic N) is 2. The average molecular weight is 352 g/mol. The first-order chi connectivity index (χ1) is 11.1. The molecule has 0 radical (unpaired) electrons. The highest BCUT2D eigenvalue weighted by molar-refractivity contribution is 6.33. The highest BCUT2D eigenvalue weighted by Gasteiger charge is 2.26. The second kappa shape index (κ2) is 6.74. The van der Waals surface area contributed by atoms with Crippen LogP contribution in [0.25, 0.3) is 0 Å². The van der Waals surface area contributed by atoms with Crippen LogP contribution in [0.15, 0.2) is 36.5 Å². The number of anilines is 1. The van der Waals surface area contributed by atoms with Gasteiger partial charge in [-0.2, -0.15) is 0 Å². The zero-order valence-electron chi connectivity index (χ0n) is 12.2. The molecule has 120 valence electrons. The molecule has 2 N–H and O–H groups in total. The van der Waals surface area contributed by atoms with Crippen LogP contribution in [0.4, 0.5) is 5.82 Å². The van der Waals surface area contributed by atoms with E-state index < -0.39 is 5.91 Å². The Morgan fingerprint density at radius 1 is 1.30 bits per heavy atom. The van der Waals surface area contributed by atoms with E-state index in [0.717, 1.165) is 5.56 Å². The maximum atomic E-state index is 11.2. The third-order valence-corrected chi connectivity index (χ3v) is 4.35. The van der Waals surface area contributed by atoms with Gasteiger partial charge in [-0.05, 0) is 12.1 Å². The quantitative estimate of drug-likeness (QED) is 0.922. The van der Waals surface area contributed by atoms with Crippen molar-refractivity contribution in [2.24, 2.45) is 5.73 Å². The van der Waals surface area contributed by atoms with Gasteiger partial charge < -0.3 is 15.4 Å². The normalized spacial score (nSPS) is 18.0. The predicted molar refractivity (Wildman–Crippen MR) is 90.1 cm³/mol. The maximum Gasteiger partial charge on any atom is 0.250 e. The van der Waals surface area contributed by atoms with E-state index in [-0.39, 0.29) is 11.7 Å². The van der Waals surface area contributed by atoms with Crippen molar-refractivity contribution in [3.8, 4) is 0 Å². The van der Waals surface area contributed by atoms with Crippen molar-refractivity contribution >= 4 is 34.9 Å². The topological polar surface area (TPSA) is 68.5 Å². The summed E-state index contributed by atoms with van der Waals surface area (Å²) >= 11 is 12.5. The molecule has 5 nitrogen and oxygen atoms in total. The fraction of sp³-hybridized carbons (Fsp3) is 0.250. The molecule has 1 aliphatic heterocycles. The van der Waals surface area contributed by atoms with E-state index in [9.17, 15) is 4.79 Å². The van der Waals surface area contributed by atoms with Crippen molar-refractivity contribution in [2.75, 3.05) is 24.6 Å². The van der Waals surface area contributed by atoms with Crippen LogP contribution in [0.3, 0.4) is 0 Å². The number of aromatic nitrogens is 1. The van der Waals surface area contributed by atoms with Gasteiger partial charge in [0.25, 0.3) is 0 Å². The number of carbonyl (C=O) groups is 1. The molecule has 7 heteroatoms. The van der Waals surface area contributed by atoms with Crippen LogP contribution in [-0.4, -0.2) is 30.6 Å². The first kappa shape index (κ1) is 16.1. The molecule has 0 bridgehead atoms. The van der Waals surface area contributed by atoms with E-state index in [4.69, 9.17) is 33.7 Å². The number of hydrogen-bond donors (Lipinski definition) is 1. The Kier molecular flexibility index (Phi) is 4.71. The average Bonchev–Trinajstić information content (AvgIpc) is 2.55. The van der Waals surface area contributed by atoms with Gasteiger partial charge in [0, 0.05) is 29.9 Å². The van der Waals surface area contributed by atoms with Crippen LogP contribution in [0.5, 0.6) is 0 Å². The summed E-state index contributed by atoms with van der Waals surface area (Å²) in [4.78, 5) is 17.5. The monoisotopic (exact) mass is 351 g/mol. The number of benzene rings is 1. The van der Waals surface area contributed by atoms with Crippen molar-refractivity contribution in [1.82, 2.24) is 4.98 Å². The molecule has 0 aliphatic carbocycles. The fourth-order valence-corrected chi connectivity index (χ4v) is 3.11. The Hall–Kier alpha value is -1.82. The minimum atomic E-state index is -0.554. The first-order valence-corrected chi connectivity index (χ1v) is 7.88. The lowest BCUT2D eigenvalue weighted by Gasteiger charge is -2.34. The molecule has 1 aliphatic rings. The Bertz CT molecular complexity index is 739. The first-order valence-electron chi connectivity index (χ1n) is 7.12. The molecule has 1 atom stereocenters. The standard InChI is InChI=1S/C16H15Cl2N3O2/c17-12-4-2-1-3-11(12)14-9-21(5-6-23-14)16-13(18)7-10(8-20-16)15(19)22/h1-4,7-8,14H,5-6,9H2,(H2,19,22). The summed E-state index contributed by atoms with van der Waals surface area (Å²) in [6.45, 7) is 1.77. The van der Waals surface area contributed by atoms with Crippen LogP contribution < -0.4 is 10.6 Å². The highest BCUT2D eigenvalue weighted by atomic mass is 35.5. The summed E-state index contributed by atoms with van der Waals surface area (Å²) in [5.41, 5.74) is 6.46. The zero-order valence-corrected chi connectivity index (χ0v) is 13.7. The van der Waals surface area contributed by atoms with Crippen molar-refractivity contribution in [3.05, 3.63) is 57.7 Å². The number of pyridine rings is 1. The van der Waals surface area contributed by atoms with Crippen molar-refractivity contribution in [1.29, 1.82) is 0 Å². The number of morpholine rings is 1. The molecule has 1 aromatic heterocycles. The molecule has 2 aromatic rings. The largest absolute Gasteiger partial charge is 0.370 e. The summed E-state index contributed by atoms with van der Waals surface area (Å²) in [5.74, 6) is 0.0545. The molecule has 1 aromatic carbocycles. The number of hydrogen-bond acceptors (Lipinski definition) is 4. The van der Waals surface area contributed by atoms with Crippen LogP contribution >= 0.6 is 23.2 Å². The molecule has 0 spiro atoms. The van der Waals surface area contributed by atoms with Crippen LogP contribution in [0.1, 0.15) is 22.0 Å². The molecule has 3 rings (SSSR count). The van der Waals surface area contributed by atoms with E-state index in [0.29, 0.717) is 35.6 Å². The number of ether oxygens (including phenoxy) is 1. The molecule has 23 heavy (non-hydrogen) atoms. The number of halogens is 2. The van der Waals surface area contributed by atoms with Gasteiger partial charge in [0.1, 0.15) is 11.9 Å². The molecule has 1 saturated heterocycles. The van der Waals surface area contributed by atoms with Crippen LogP contribution in [0.2, 0.25) is 10.0 Å². The summed E-state index contributed by atoms with van der Waals surface area (Å²) in [7, 11) is 0. The zero-order chi connectivity index (χ0) is 16.4. The second-order valence-electron chi connectivity index (χ2n) is 5.22. The molecule has 1 fully saturated rings. The van der Waals surface area contributed by atoms with E-state index in [1.54, 1.807) is 0 Å². The molecule has 0 saturated carbocycles.